The molecule has 0 bridgehead atoms. The zero-order valence-electron chi connectivity index (χ0n) is 12.3. The highest BCUT2D eigenvalue weighted by molar-refractivity contribution is 5.32. The van der Waals surface area contributed by atoms with Gasteiger partial charge in [0.1, 0.15) is 5.82 Å². The molecular formula is C17H24FNO. The minimum Gasteiger partial charge on any atom is -0.381 e. The zero-order valence-corrected chi connectivity index (χ0v) is 12.3. The third-order valence-electron chi connectivity index (χ3n) is 5.13. The molecule has 0 aromatic heterocycles. The van der Waals surface area contributed by atoms with Crippen LogP contribution in [0.4, 0.5) is 4.39 Å². The molecule has 0 unspecified atom stereocenters. The fraction of sp³-hybridized carbons (Fsp3) is 0.647. The summed E-state index contributed by atoms with van der Waals surface area (Å²) in [5, 5.41) is 3.48. The van der Waals surface area contributed by atoms with Crippen molar-refractivity contribution in [1.29, 1.82) is 0 Å². The lowest BCUT2D eigenvalue weighted by Crippen LogP contribution is -2.56. The van der Waals surface area contributed by atoms with Gasteiger partial charge in [-0.2, -0.15) is 0 Å². The second-order valence-electron chi connectivity index (χ2n) is 6.54. The van der Waals surface area contributed by atoms with E-state index in [0.29, 0.717) is 5.41 Å². The molecule has 2 nitrogen and oxygen atoms in total. The molecule has 1 aliphatic carbocycles. The normalized spacial score (nSPS) is 23.5. The van der Waals surface area contributed by atoms with Gasteiger partial charge in [0.15, 0.2) is 0 Å². The number of nitrogens with one attached hydrogen (secondary N) is 1. The van der Waals surface area contributed by atoms with Crippen LogP contribution in [0.25, 0.3) is 0 Å². The molecule has 20 heavy (non-hydrogen) atoms. The molecule has 2 fully saturated rings. The summed E-state index contributed by atoms with van der Waals surface area (Å²) < 4.78 is 19.1. The average molecular weight is 277 g/mol. The lowest BCUT2D eigenvalue weighted by Gasteiger charge is -2.58. The van der Waals surface area contributed by atoms with E-state index in [-0.39, 0.29) is 11.2 Å². The SMILES string of the molecule is CCNCC1(c2cccc(F)c2)CC2(CCOCC2)C1. The van der Waals surface area contributed by atoms with Gasteiger partial charge < -0.3 is 10.1 Å². The first kappa shape index (κ1) is 14.0. The highest BCUT2D eigenvalue weighted by Gasteiger charge is 2.54. The molecule has 0 radical (unpaired) electrons. The molecule has 1 aliphatic heterocycles. The van der Waals surface area contributed by atoms with Gasteiger partial charge in [0.2, 0.25) is 0 Å². The van der Waals surface area contributed by atoms with E-state index in [0.717, 1.165) is 44.7 Å². The summed E-state index contributed by atoms with van der Waals surface area (Å²) in [5.74, 6) is -0.119. The summed E-state index contributed by atoms with van der Waals surface area (Å²) in [5.41, 5.74) is 1.73. The Kier molecular flexibility index (Phi) is 3.83. The van der Waals surface area contributed by atoms with E-state index in [4.69, 9.17) is 4.74 Å². The van der Waals surface area contributed by atoms with Gasteiger partial charge in [0, 0.05) is 25.2 Å². The summed E-state index contributed by atoms with van der Waals surface area (Å²) in [4.78, 5) is 0. The molecule has 3 rings (SSSR count). The van der Waals surface area contributed by atoms with E-state index in [2.05, 4.69) is 18.3 Å². The molecule has 2 aliphatic rings. The predicted octanol–water partition coefficient (Wildman–Crippen LogP) is 3.26. The molecule has 0 amide bonds. The molecule has 1 aromatic carbocycles. The Morgan fingerprint density at radius 1 is 1.25 bits per heavy atom. The van der Waals surface area contributed by atoms with E-state index in [1.54, 1.807) is 6.07 Å². The predicted molar refractivity (Wildman–Crippen MR) is 78.3 cm³/mol. The van der Waals surface area contributed by atoms with E-state index >= 15 is 0 Å². The van der Waals surface area contributed by atoms with Gasteiger partial charge in [-0.1, -0.05) is 19.1 Å². The second kappa shape index (κ2) is 5.45. The topological polar surface area (TPSA) is 21.3 Å². The van der Waals surface area contributed by atoms with Gasteiger partial charge in [0.25, 0.3) is 0 Å². The number of halogens is 1. The third-order valence-corrected chi connectivity index (χ3v) is 5.13. The van der Waals surface area contributed by atoms with Gasteiger partial charge in [-0.3, -0.25) is 0 Å². The smallest absolute Gasteiger partial charge is 0.123 e. The van der Waals surface area contributed by atoms with Crippen molar-refractivity contribution in [2.75, 3.05) is 26.3 Å². The fourth-order valence-electron chi connectivity index (χ4n) is 4.16. The van der Waals surface area contributed by atoms with Crippen molar-refractivity contribution in [3.05, 3.63) is 35.6 Å². The Hall–Kier alpha value is -0.930. The number of benzene rings is 1. The van der Waals surface area contributed by atoms with Crippen LogP contribution in [0.15, 0.2) is 24.3 Å². The van der Waals surface area contributed by atoms with E-state index in [1.165, 1.54) is 18.9 Å². The summed E-state index contributed by atoms with van der Waals surface area (Å²) in [7, 11) is 0. The third kappa shape index (κ3) is 2.49. The van der Waals surface area contributed by atoms with E-state index in [1.807, 2.05) is 6.07 Å². The lowest BCUT2D eigenvalue weighted by molar-refractivity contribution is -0.0736. The van der Waals surface area contributed by atoms with Gasteiger partial charge in [-0.15, -0.1) is 0 Å². The first-order valence-electron chi connectivity index (χ1n) is 7.73. The largest absolute Gasteiger partial charge is 0.381 e. The Morgan fingerprint density at radius 3 is 2.65 bits per heavy atom. The molecule has 110 valence electrons. The number of rotatable bonds is 4. The molecular weight excluding hydrogens is 253 g/mol. The number of hydrogen-bond acceptors (Lipinski definition) is 2. The Morgan fingerprint density at radius 2 is 2.00 bits per heavy atom. The first-order valence-corrected chi connectivity index (χ1v) is 7.73. The van der Waals surface area contributed by atoms with Crippen molar-refractivity contribution >= 4 is 0 Å². The van der Waals surface area contributed by atoms with Crippen molar-refractivity contribution in [2.24, 2.45) is 5.41 Å². The first-order chi connectivity index (χ1) is 9.68. The molecule has 1 N–H and O–H groups in total. The fourth-order valence-corrected chi connectivity index (χ4v) is 4.16. The summed E-state index contributed by atoms with van der Waals surface area (Å²) in [6.07, 6.45) is 4.66. The summed E-state index contributed by atoms with van der Waals surface area (Å²) in [6.45, 7) is 5.83. The molecule has 0 atom stereocenters. The van der Waals surface area contributed by atoms with Crippen molar-refractivity contribution in [3.8, 4) is 0 Å². The number of likely N-dealkylation sites (N-methyl/N-ethyl adjacent to an activating group) is 1. The van der Waals surface area contributed by atoms with Crippen LogP contribution in [0.5, 0.6) is 0 Å². The molecule has 1 heterocycles. The van der Waals surface area contributed by atoms with Crippen molar-refractivity contribution in [3.63, 3.8) is 0 Å². The van der Waals surface area contributed by atoms with Crippen LogP contribution in [0.3, 0.4) is 0 Å². The molecule has 1 saturated carbocycles. The highest BCUT2D eigenvalue weighted by atomic mass is 19.1. The van der Waals surface area contributed by atoms with Gasteiger partial charge in [0.05, 0.1) is 0 Å². The van der Waals surface area contributed by atoms with Gasteiger partial charge in [-0.25, -0.2) is 4.39 Å². The van der Waals surface area contributed by atoms with Crippen LogP contribution >= 0.6 is 0 Å². The van der Waals surface area contributed by atoms with Crippen LogP contribution < -0.4 is 5.32 Å². The minimum atomic E-state index is -0.119. The quantitative estimate of drug-likeness (QED) is 0.912. The highest BCUT2D eigenvalue weighted by Crippen LogP contribution is 2.60. The Bertz CT molecular complexity index is 460. The average Bonchev–Trinajstić information content (AvgIpc) is 2.43. The Balaban J connectivity index is 1.81. The molecule has 1 spiro atoms. The van der Waals surface area contributed by atoms with Gasteiger partial charge >= 0.3 is 0 Å². The van der Waals surface area contributed by atoms with Crippen molar-refractivity contribution in [1.82, 2.24) is 5.32 Å². The maximum Gasteiger partial charge on any atom is 0.123 e. The zero-order chi connectivity index (χ0) is 14.1. The summed E-state index contributed by atoms with van der Waals surface area (Å²) in [6, 6.07) is 7.19. The van der Waals surface area contributed by atoms with Crippen LogP contribution in [0.2, 0.25) is 0 Å². The maximum atomic E-state index is 13.6. The number of hydrogen-bond donors (Lipinski definition) is 1. The maximum absolute atomic E-state index is 13.6. The standard InChI is InChI=1S/C17H24FNO/c1-2-19-13-17(14-4-3-5-15(18)10-14)11-16(12-17)6-8-20-9-7-16/h3-5,10,19H,2,6-9,11-13H2,1H3. The molecule has 3 heteroatoms. The molecule has 1 saturated heterocycles. The van der Waals surface area contributed by atoms with E-state index in [9.17, 15) is 4.39 Å². The lowest BCUT2D eigenvalue weighted by atomic mass is 9.48. The second-order valence-corrected chi connectivity index (χ2v) is 6.54. The van der Waals surface area contributed by atoms with E-state index < -0.39 is 0 Å². The van der Waals surface area contributed by atoms with Crippen molar-refractivity contribution < 1.29 is 9.13 Å². The van der Waals surface area contributed by atoms with Crippen LogP contribution in [0, 0.1) is 11.2 Å². The molecule has 1 aromatic rings. The van der Waals surface area contributed by atoms with Crippen LogP contribution in [-0.2, 0) is 10.2 Å². The summed E-state index contributed by atoms with van der Waals surface area (Å²) >= 11 is 0. The Labute approximate surface area is 120 Å². The minimum absolute atomic E-state index is 0.119. The van der Waals surface area contributed by atoms with Gasteiger partial charge in [-0.05, 0) is 55.3 Å². The monoisotopic (exact) mass is 277 g/mol. The number of ether oxygens (including phenoxy) is 1. The van der Waals surface area contributed by atoms with Crippen LogP contribution in [0.1, 0.15) is 38.2 Å². The van der Waals surface area contributed by atoms with Crippen molar-refractivity contribution in [2.45, 2.75) is 38.0 Å². The van der Waals surface area contributed by atoms with Crippen LogP contribution in [-0.4, -0.2) is 26.3 Å².